The second-order valence-corrected chi connectivity index (χ2v) is 4.63. The number of morpholine rings is 1. The highest BCUT2D eigenvalue weighted by molar-refractivity contribution is 5.93. The van der Waals surface area contributed by atoms with Crippen LogP contribution in [-0.4, -0.2) is 37.6 Å². The van der Waals surface area contributed by atoms with E-state index >= 15 is 0 Å². The quantitative estimate of drug-likeness (QED) is 0.800. The highest BCUT2D eigenvalue weighted by Crippen LogP contribution is 2.27. The summed E-state index contributed by atoms with van der Waals surface area (Å²) in [6, 6.07) is 10.1. The monoisotopic (exact) mass is 267 g/mol. The van der Waals surface area contributed by atoms with Crippen LogP contribution in [0.2, 0.25) is 0 Å². The Bertz CT molecular complexity index is 646. The topological polar surface area (TPSA) is 42.4 Å². The van der Waals surface area contributed by atoms with Crippen LogP contribution in [0.3, 0.4) is 0 Å². The molecule has 2 heterocycles. The largest absolute Gasteiger partial charge is 0.378 e. The fraction of sp³-hybridized carbons (Fsp3) is 0.250. The summed E-state index contributed by atoms with van der Waals surface area (Å²) in [7, 11) is 0. The van der Waals surface area contributed by atoms with Crippen LogP contribution in [0.1, 0.15) is 5.69 Å². The zero-order chi connectivity index (χ0) is 13.8. The molecule has 2 aromatic rings. The predicted molar refractivity (Wildman–Crippen MR) is 79.5 cm³/mol. The summed E-state index contributed by atoms with van der Waals surface area (Å²) in [6.07, 6.45) is 4.79. The van der Waals surface area contributed by atoms with E-state index in [-0.39, 0.29) is 0 Å². The van der Waals surface area contributed by atoms with Gasteiger partial charge in [-0.2, -0.15) is 0 Å². The van der Waals surface area contributed by atoms with Gasteiger partial charge in [0.05, 0.1) is 24.4 Å². The van der Waals surface area contributed by atoms with E-state index in [1.807, 2.05) is 24.3 Å². The number of benzene rings is 1. The molecular weight excluding hydrogens is 252 g/mol. The highest BCUT2D eigenvalue weighted by Gasteiger charge is 2.15. The minimum absolute atomic E-state index is 0.740. The molecule has 1 aromatic heterocycles. The SMILES string of the molecule is O=[C]C=Cc1cc(N2CCOCC2)c2ccccc2n1. The Kier molecular flexibility index (Phi) is 3.74. The molecule has 1 saturated heterocycles. The smallest absolute Gasteiger partial charge is 0.225 e. The normalized spacial score (nSPS) is 15.9. The van der Waals surface area contributed by atoms with Crippen LogP contribution >= 0.6 is 0 Å². The third kappa shape index (κ3) is 2.56. The van der Waals surface area contributed by atoms with Crippen molar-refractivity contribution in [2.75, 3.05) is 31.2 Å². The van der Waals surface area contributed by atoms with E-state index < -0.39 is 0 Å². The average molecular weight is 267 g/mol. The number of hydrogen-bond donors (Lipinski definition) is 0. The summed E-state index contributed by atoms with van der Waals surface area (Å²) >= 11 is 0. The van der Waals surface area contributed by atoms with Gasteiger partial charge in [-0.3, -0.25) is 4.79 Å². The predicted octanol–water partition coefficient (Wildman–Crippen LogP) is 2.19. The standard InChI is InChI=1S/C16H15N2O2/c19-9-3-4-13-12-16(18-7-10-20-11-8-18)14-5-1-2-6-15(14)17-13/h1-6,12H,7-8,10-11H2. The molecule has 0 N–H and O–H groups in total. The van der Waals surface area contributed by atoms with Crippen molar-refractivity contribution in [2.24, 2.45) is 0 Å². The Morgan fingerprint density at radius 3 is 2.85 bits per heavy atom. The van der Waals surface area contributed by atoms with Gasteiger partial charge in [0, 0.05) is 24.2 Å². The number of para-hydroxylation sites is 1. The Labute approximate surface area is 117 Å². The summed E-state index contributed by atoms with van der Waals surface area (Å²) < 4.78 is 5.41. The minimum atomic E-state index is 0.740. The second-order valence-electron chi connectivity index (χ2n) is 4.63. The lowest BCUT2D eigenvalue weighted by Gasteiger charge is -2.30. The molecule has 0 spiro atoms. The van der Waals surface area contributed by atoms with Crippen LogP contribution in [0.25, 0.3) is 17.0 Å². The number of allylic oxidation sites excluding steroid dienone is 1. The van der Waals surface area contributed by atoms with E-state index in [2.05, 4.69) is 16.0 Å². The Morgan fingerprint density at radius 2 is 2.05 bits per heavy atom. The fourth-order valence-electron chi connectivity index (χ4n) is 2.45. The van der Waals surface area contributed by atoms with Gasteiger partial charge in [-0.05, 0) is 24.3 Å². The van der Waals surface area contributed by atoms with Gasteiger partial charge < -0.3 is 9.64 Å². The zero-order valence-corrected chi connectivity index (χ0v) is 11.1. The molecule has 4 nitrogen and oxygen atoms in total. The van der Waals surface area contributed by atoms with Crippen molar-refractivity contribution < 1.29 is 9.53 Å². The molecule has 1 fully saturated rings. The molecule has 20 heavy (non-hydrogen) atoms. The van der Waals surface area contributed by atoms with E-state index in [1.165, 1.54) is 6.08 Å². The van der Waals surface area contributed by atoms with Crippen molar-refractivity contribution >= 4 is 29.0 Å². The third-order valence-corrected chi connectivity index (χ3v) is 3.39. The van der Waals surface area contributed by atoms with Gasteiger partial charge in [0.15, 0.2) is 0 Å². The molecule has 1 aromatic carbocycles. The van der Waals surface area contributed by atoms with Crippen LogP contribution in [0.15, 0.2) is 36.4 Å². The van der Waals surface area contributed by atoms with E-state index in [1.54, 1.807) is 12.4 Å². The molecule has 0 amide bonds. The Morgan fingerprint density at radius 1 is 1.25 bits per heavy atom. The van der Waals surface area contributed by atoms with E-state index in [4.69, 9.17) is 4.74 Å². The number of nitrogens with zero attached hydrogens (tertiary/aromatic N) is 2. The highest BCUT2D eigenvalue weighted by atomic mass is 16.5. The molecule has 0 unspecified atom stereocenters. The number of hydrogen-bond acceptors (Lipinski definition) is 4. The van der Waals surface area contributed by atoms with Crippen molar-refractivity contribution in [1.29, 1.82) is 0 Å². The summed E-state index contributed by atoms with van der Waals surface area (Å²) in [5.74, 6) is 0. The number of pyridine rings is 1. The number of rotatable bonds is 3. The molecule has 0 atom stereocenters. The molecule has 1 radical (unpaired) electrons. The first-order valence-corrected chi connectivity index (χ1v) is 6.65. The van der Waals surface area contributed by atoms with Crippen molar-refractivity contribution in [2.45, 2.75) is 0 Å². The van der Waals surface area contributed by atoms with Gasteiger partial charge in [-0.15, -0.1) is 0 Å². The molecule has 0 bridgehead atoms. The van der Waals surface area contributed by atoms with Crippen LogP contribution in [-0.2, 0) is 9.53 Å². The van der Waals surface area contributed by atoms with Crippen LogP contribution in [0.4, 0.5) is 5.69 Å². The maximum absolute atomic E-state index is 10.4. The third-order valence-electron chi connectivity index (χ3n) is 3.39. The van der Waals surface area contributed by atoms with Gasteiger partial charge >= 0.3 is 0 Å². The molecule has 1 aliphatic heterocycles. The van der Waals surface area contributed by atoms with Crippen LogP contribution < -0.4 is 4.90 Å². The van der Waals surface area contributed by atoms with Crippen molar-refractivity contribution in [3.05, 3.63) is 42.1 Å². The molecule has 0 saturated carbocycles. The van der Waals surface area contributed by atoms with E-state index in [0.717, 1.165) is 48.6 Å². The molecule has 3 rings (SSSR count). The number of fused-ring (bicyclic) bond motifs is 1. The summed E-state index contributed by atoms with van der Waals surface area (Å²) in [5, 5.41) is 1.13. The Hall–Kier alpha value is -2.20. The van der Waals surface area contributed by atoms with E-state index in [0.29, 0.717) is 0 Å². The van der Waals surface area contributed by atoms with Gasteiger partial charge in [0.1, 0.15) is 0 Å². The summed E-state index contributed by atoms with van der Waals surface area (Å²) in [6.45, 7) is 3.22. The number of anilines is 1. The first-order valence-electron chi connectivity index (χ1n) is 6.65. The summed E-state index contributed by atoms with van der Waals surface area (Å²) in [4.78, 5) is 17.2. The first kappa shape index (κ1) is 12.8. The molecule has 0 aliphatic carbocycles. The van der Waals surface area contributed by atoms with Crippen LogP contribution in [0.5, 0.6) is 0 Å². The lowest BCUT2D eigenvalue weighted by Crippen LogP contribution is -2.36. The zero-order valence-electron chi connectivity index (χ0n) is 11.1. The average Bonchev–Trinajstić information content (AvgIpc) is 2.53. The van der Waals surface area contributed by atoms with Crippen molar-refractivity contribution in [3.63, 3.8) is 0 Å². The first-order chi connectivity index (χ1) is 9.88. The molecular formula is C16H15N2O2. The van der Waals surface area contributed by atoms with Crippen LogP contribution in [0, 0.1) is 0 Å². The van der Waals surface area contributed by atoms with Gasteiger partial charge in [-0.1, -0.05) is 18.2 Å². The van der Waals surface area contributed by atoms with Crippen molar-refractivity contribution in [3.8, 4) is 0 Å². The molecule has 4 heteroatoms. The van der Waals surface area contributed by atoms with Gasteiger partial charge in [-0.25, -0.2) is 4.98 Å². The number of aromatic nitrogens is 1. The number of ether oxygens (including phenoxy) is 1. The van der Waals surface area contributed by atoms with Crippen molar-refractivity contribution in [1.82, 2.24) is 4.98 Å². The lowest BCUT2D eigenvalue weighted by atomic mass is 10.1. The van der Waals surface area contributed by atoms with Gasteiger partial charge in [0.25, 0.3) is 0 Å². The maximum Gasteiger partial charge on any atom is 0.225 e. The second kappa shape index (κ2) is 5.84. The molecule has 101 valence electrons. The fourth-order valence-corrected chi connectivity index (χ4v) is 2.45. The minimum Gasteiger partial charge on any atom is -0.378 e. The maximum atomic E-state index is 10.4. The Balaban J connectivity index is 2.11. The lowest BCUT2D eigenvalue weighted by molar-refractivity contribution is 0.123. The van der Waals surface area contributed by atoms with E-state index in [9.17, 15) is 4.79 Å². The molecule has 1 aliphatic rings. The number of carbonyl (C=O) groups excluding carboxylic acids is 1. The summed E-state index contributed by atoms with van der Waals surface area (Å²) in [5.41, 5.74) is 2.85. The van der Waals surface area contributed by atoms with Gasteiger partial charge in [0.2, 0.25) is 6.29 Å².